The smallest absolute Gasteiger partial charge is 0.320 e. The van der Waals surface area contributed by atoms with Crippen LogP contribution in [0.25, 0.3) is 0 Å². The van der Waals surface area contributed by atoms with Crippen molar-refractivity contribution in [2.75, 3.05) is 6.54 Å². The van der Waals surface area contributed by atoms with E-state index < -0.39 is 12.0 Å². The molecule has 0 unspecified atom stereocenters. The van der Waals surface area contributed by atoms with Crippen molar-refractivity contribution in [1.82, 2.24) is 4.90 Å². The number of carboxylic acid groups (broad SMARTS) is 1. The van der Waals surface area contributed by atoms with Gasteiger partial charge < -0.3 is 5.11 Å². The first kappa shape index (κ1) is 13.0. The fourth-order valence-electron chi connectivity index (χ4n) is 2.71. The Balaban J connectivity index is 2.11. The molecule has 0 amide bonds. The molecule has 3 atom stereocenters. The number of benzene rings is 1. The molecule has 2 rings (SSSR count). The molecular weight excluding hydrogens is 233 g/mol. The summed E-state index contributed by atoms with van der Waals surface area (Å²) < 4.78 is 12.9. The van der Waals surface area contributed by atoms with E-state index in [2.05, 4.69) is 0 Å². The Labute approximate surface area is 106 Å². The van der Waals surface area contributed by atoms with Gasteiger partial charge in [-0.05, 0) is 43.9 Å². The Morgan fingerprint density at radius 3 is 2.61 bits per heavy atom. The lowest BCUT2D eigenvalue weighted by Gasteiger charge is -2.25. The zero-order valence-corrected chi connectivity index (χ0v) is 10.6. The zero-order valence-electron chi connectivity index (χ0n) is 10.6. The Bertz CT molecular complexity index is 432. The van der Waals surface area contributed by atoms with E-state index in [1.54, 1.807) is 19.1 Å². The lowest BCUT2D eigenvalue weighted by molar-refractivity contribution is -0.142. The Hall–Kier alpha value is -1.42. The lowest BCUT2D eigenvalue weighted by atomic mass is 9.97. The molecule has 0 radical (unpaired) electrons. The van der Waals surface area contributed by atoms with Crippen LogP contribution in [0, 0.1) is 5.82 Å². The second-order valence-corrected chi connectivity index (χ2v) is 5.04. The molecule has 98 valence electrons. The molecule has 4 heteroatoms. The topological polar surface area (TPSA) is 40.5 Å². The molecule has 1 N–H and O–H groups in total. The van der Waals surface area contributed by atoms with Crippen molar-refractivity contribution in [2.24, 2.45) is 0 Å². The molecule has 1 aliphatic heterocycles. The van der Waals surface area contributed by atoms with E-state index in [4.69, 9.17) is 5.11 Å². The molecule has 0 saturated carbocycles. The number of nitrogens with zero attached hydrogens (tertiary/aromatic N) is 1. The van der Waals surface area contributed by atoms with Crippen LogP contribution in [0.1, 0.15) is 31.7 Å². The van der Waals surface area contributed by atoms with Crippen LogP contribution in [0.4, 0.5) is 4.39 Å². The van der Waals surface area contributed by atoms with Gasteiger partial charge in [-0.15, -0.1) is 0 Å². The Kier molecular flexibility index (Phi) is 3.66. The van der Waals surface area contributed by atoms with E-state index >= 15 is 0 Å². The van der Waals surface area contributed by atoms with E-state index in [1.807, 2.05) is 11.8 Å². The van der Waals surface area contributed by atoms with Crippen LogP contribution >= 0.6 is 0 Å². The van der Waals surface area contributed by atoms with Crippen LogP contribution < -0.4 is 0 Å². The first-order valence-corrected chi connectivity index (χ1v) is 6.23. The minimum Gasteiger partial charge on any atom is -0.480 e. The third-order valence-electron chi connectivity index (χ3n) is 3.82. The second kappa shape index (κ2) is 5.06. The van der Waals surface area contributed by atoms with Gasteiger partial charge in [0.1, 0.15) is 11.9 Å². The van der Waals surface area contributed by atoms with Crippen molar-refractivity contribution >= 4 is 5.97 Å². The van der Waals surface area contributed by atoms with E-state index in [1.165, 1.54) is 12.1 Å². The average molecular weight is 251 g/mol. The highest BCUT2D eigenvalue weighted by atomic mass is 19.1. The molecule has 0 aromatic heterocycles. The fourth-order valence-corrected chi connectivity index (χ4v) is 2.71. The van der Waals surface area contributed by atoms with Gasteiger partial charge >= 0.3 is 5.97 Å². The second-order valence-electron chi connectivity index (χ2n) is 5.04. The summed E-state index contributed by atoms with van der Waals surface area (Å²) in [6.07, 6.45) is 0.920. The SMILES string of the molecule is C[C@@H]1C[C@H](c2ccc(F)cc2)CN1[C@H](C)C(=O)O. The Morgan fingerprint density at radius 2 is 2.06 bits per heavy atom. The van der Waals surface area contributed by atoms with Gasteiger partial charge in [0, 0.05) is 12.6 Å². The molecule has 0 spiro atoms. The van der Waals surface area contributed by atoms with Crippen LogP contribution in [-0.2, 0) is 4.79 Å². The maximum atomic E-state index is 12.9. The predicted octanol–water partition coefficient (Wildman–Crippen LogP) is 2.48. The first-order chi connectivity index (χ1) is 8.49. The molecule has 1 aromatic carbocycles. The van der Waals surface area contributed by atoms with Crippen molar-refractivity contribution in [1.29, 1.82) is 0 Å². The summed E-state index contributed by atoms with van der Waals surface area (Å²) in [5.41, 5.74) is 1.09. The van der Waals surface area contributed by atoms with Gasteiger partial charge in [-0.3, -0.25) is 9.69 Å². The quantitative estimate of drug-likeness (QED) is 0.897. The van der Waals surface area contributed by atoms with Crippen molar-refractivity contribution in [3.8, 4) is 0 Å². The zero-order chi connectivity index (χ0) is 13.3. The molecule has 0 aliphatic carbocycles. The lowest BCUT2D eigenvalue weighted by Crippen LogP contribution is -2.41. The van der Waals surface area contributed by atoms with Crippen molar-refractivity contribution < 1.29 is 14.3 Å². The summed E-state index contributed by atoms with van der Waals surface area (Å²) in [6.45, 7) is 4.48. The van der Waals surface area contributed by atoms with Gasteiger partial charge in [-0.2, -0.15) is 0 Å². The normalized spacial score (nSPS) is 26.2. The number of halogens is 1. The average Bonchev–Trinajstić information content (AvgIpc) is 2.71. The van der Waals surface area contributed by atoms with Gasteiger partial charge in [0.05, 0.1) is 0 Å². The predicted molar refractivity (Wildman–Crippen MR) is 67.0 cm³/mol. The molecular formula is C14H18FNO2. The van der Waals surface area contributed by atoms with Crippen LogP contribution in [-0.4, -0.2) is 34.6 Å². The molecule has 1 fully saturated rings. The van der Waals surface area contributed by atoms with E-state index in [0.29, 0.717) is 5.92 Å². The number of aliphatic carboxylic acids is 1. The molecule has 18 heavy (non-hydrogen) atoms. The van der Waals surface area contributed by atoms with Crippen molar-refractivity contribution in [3.05, 3.63) is 35.6 Å². The minimum atomic E-state index is -0.790. The molecule has 3 nitrogen and oxygen atoms in total. The van der Waals surface area contributed by atoms with Gasteiger partial charge in [-0.1, -0.05) is 12.1 Å². The van der Waals surface area contributed by atoms with Crippen LogP contribution in [0.5, 0.6) is 0 Å². The minimum absolute atomic E-state index is 0.236. The van der Waals surface area contributed by atoms with Crippen molar-refractivity contribution in [3.63, 3.8) is 0 Å². The van der Waals surface area contributed by atoms with Crippen LogP contribution in [0.15, 0.2) is 24.3 Å². The number of carbonyl (C=O) groups is 1. The maximum Gasteiger partial charge on any atom is 0.320 e. The summed E-state index contributed by atoms with van der Waals surface area (Å²) in [5, 5.41) is 9.06. The van der Waals surface area contributed by atoms with E-state index in [0.717, 1.165) is 18.5 Å². The monoisotopic (exact) mass is 251 g/mol. The summed E-state index contributed by atoms with van der Waals surface area (Å²) in [4.78, 5) is 13.0. The van der Waals surface area contributed by atoms with Crippen LogP contribution in [0.3, 0.4) is 0 Å². The highest BCUT2D eigenvalue weighted by molar-refractivity contribution is 5.73. The summed E-state index contributed by atoms with van der Waals surface area (Å²) in [6, 6.07) is 6.28. The number of hydrogen-bond donors (Lipinski definition) is 1. The first-order valence-electron chi connectivity index (χ1n) is 6.23. The number of rotatable bonds is 3. The van der Waals surface area contributed by atoms with Gasteiger partial charge in [-0.25, -0.2) is 4.39 Å². The third kappa shape index (κ3) is 2.53. The number of likely N-dealkylation sites (tertiary alicyclic amines) is 1. The highest BCUT2D eigenvalue weighted by Crippen LogP contribution is 2.32. The molecule has 1 heterocycles. The van der Waals surface area contributed by atoms with Gasteiger partial charge in [0.25, 0.3) is 0 Å². The van der Waals surface area contributed by atoms with E-state index in [-0.39, 0.29) is 11.9 Å². The van der Waals surface area contributed by atoms with Crippen LogP contribution in [0.2, 0.25) is 0 Å². The third-order valence-corrected chi connectivity index (χ3v) is 3.82. The molecule has 0 bridgehead atoms. The highest BCUT2D eigenvalue weighted by Gasteiger charge is 2.35. The van der Waals surface area contributed by atoms with Gasteiger partial charge in [0.15, 0.2) is 0 Å². The molecule has 1 saturated heterocycles. The molecule has 1 aromatic rings. The summed E-state index contributed by atoms with van der Waals surface area (Å²) >= 11 is 0. The molecule has 1 aliphatic rings. The standard InChI is InChI=1S/C14H18FNO2/c1-9-7-12(8-16(9)10(2)14(17)18)11-3-5-13(15)6-4-11/h3-6,9-10,12H,7-8H2,1-2H3,(H,17,18)/t9-,10-,12+/m1/s1. The maximum absolute atomic E-state index is 12.9. The largest absolute Gasteiger partial charge is 0.480 e. The van der Waals surface area contributed by atoms with E-state index in [9.17, 15) is 9.18 Å². The van der Waals surface area contributed by atoms with Gasteiger partial charge in [0.2, 0.25) is 0 Å². The number of hydrogen-bond acceptors (Lipinski definition) is 2. The number of carboxylic acids is 1. The summed E-state index contributed by atoms with van der Waals surface area (Å²) in [7, 11) is 0. The van der Waals surface area contributed by atoms with Crippen molar-refractivity contribution in [2.45, 2.75) is 38.3 Å². The summed E-state index contributed by atoms with van der Waals surface area (Å²) in [5.74, 6) is -0.732. The fraction of sp³-hybridized carbons (Fsp3) is 0.500. The Morgan fingerprint density at radius 1 is 1.44 bits per heavy atom.